The average Bonchev–Trinajstić information content (AvgIpc) is 2.45. The smallest absolute Gasteiger partial charge is 0.270 e. The monoisotopic (exact) mass is 311 g/mol. The molecule has 116 valence electrons. The number of nitrogens with zero attached hydrogens (tertiary/aromatic N) is 1. The number of hydrogen-bond donors (Lipinski definition) is 2. The number of halogens is 1. The summed E-state index contributed by atoms with van der Waals surface area (Å²) in [5.74, 6) is -0.658. The van der Waals surface area contributed by atoms with Crippen LogP contribution in [-0.2, 0) is 0 Å². The fourth-order valence-electron chi connectivity index (χ4n) is 1.53. The van der Waals surface area contributed by atoms with E-state index < -0.39 is 0 Å². The van der Waals surface area contributed by atoms with Crippen LogP contribution in [0.1, 0.15) is 61.5 Å². The molecule has 2 amide bonds. The second-order valence-corrected chi connectivity index (χ2v) is 5.56. The normalized spacial score (nSPS) is 13.4. The minimum Gasteiger partial charge on any atom is -0.348 e. The molecule has 5 nitrogen and oxygen atoms in total. The Bertz CT molecular complexity index is 477. The molecule has 1 heterocycles. The van der Waals surface area contributed by atoms with Gasteiger partial charge in [-0.15, -0.1) is 0 Å². The van der Waals surface area contributed by atoms with E-state index in [-0.39, 0.29) is 35.3 Å². The van der Waals surface area contributed by atoms with Crippen molar-refractivity contribution < 1.29 is 9.59 Å². The highest BCUT2D eigenvalue weighted by Gasteiger charge is 2.16. The van der Waals surface area contributed by atoms with Crippen molar-refractivity contribution in [2.75, 3.05) is 0 Å². The summed E-state index contributed by atoms with van der Waals surface area (Å²) in [6.07, 6.45) is 1.63. The summed E-state index contributed by atoms with van der Waals surface area (Å²) in [5.41, 5.74) is 0.300. The van der Waals surface area contributed by atoms with Crippen LogP contribution in [0.2, 0.25) is 5.02 Å². The van der Waals surface area contributed by atoms with Gasteiger partial charge in [0.15, 0.2) is 0 Å². The molecule has 0 saturated heterocycles. The van der Waals surface area contributed by atoms with Crippen LogP contribution in [0.3, 0.4) is 0 Å². The van der Waals surface area contributed by atoms with Crippen molar-refractivity contribution in [3.05, 3.63) is 28.5 Å². The fraction of sp³-hybridized carbons (Fsp3) is 0.533. The lowest BCUT2D eigenvalue weighted by Gasteiger charge is -2.13. The maximum absolute atomic E-state index is 12.1. The number of amides is 2. The van der Waals surface area contributed by atoms with Crippen LogP contribution in [0.25, 0.3) is 0 Å². The van der Waals surface area contributed by atoms with Gasteiger partial charge in [0.1, 0.15) is 11.4 Å². The summed E-state index contributed by atoms with van der Waals surface area (Å²) in [7, 11) is 0. The molecule has 0 spiro atoms. The van der Waals surface area contributed by atoms with E-state index >= 15 is 0 Å². The van der Waals surface area contributed by atoms with Crippen LogP contribution < -0.4 is 10.6 Å². The third-order valence-corrected chi connectivity index (χ3v) is 3.45. The number of aromatic nitrogens is 1. The van der Waals surface area contributed by atoms with Gasteiger partial charge in [-0.3, -0.25) is 9.59 Å². The minimum atomic E-state index is -0.329. The fourth-order valence-corrected chi connectivity index (χ4v) is 1.74. The van der Waals surface area contributed by atoms with Crippen molar-refractivity contribution >= 4 is 23.4 Å². The first-order valence-electron chi connectivity index (χ1n) is 7.16. The zero-order valence-electron chi connectivity index (χ0n) is 12.9. The zero-order chi connectivity index (χ0) is 16.0. The number of nitrogens with one attached hydrogen (secondary N) is 2. The molecule has 0 fully saturated rings. The number of carbonyl (C=O) groups excluding carboxylic acids is 2. The van der Waals surface area contributed by atoms with Crippen molar-refractivity contribution in [2.45, 2.75) is 52.6 Å². The molecule has 1 aromatic heterocycles. The molecule has 0 radical (unpaired) electrons. The average molecular weight is 312 g/mol. The molecule has 2 unspecified atom stereocenters. The predicted molar refractivity (Wildman–Crippen MR) is 83.7 cm³/mol. The van der Waals surface area contributed by atoms with E-state index in [1.54, 1.807) is 0 Å². The first kappa shape index (κ1) is 17.4. The SMILES string of the molecule is CCC(C)NC(=O)c1cc(Cl)cc(C(=O)NC(C)CC)n1. The third kappa shape index (κ3) is 5.34. The molecular formula is C15H22ClN3O2. The highest BCUT2D eigenvalue weighted by Crippen LogP contribution is 2.13. The minimum absolute atomic E-state index is 0.0377. The summed E-state index contributed by atoms with van der Waals surface area (Å²) >= 11 is 5.98. The standard InChI is InChI=1S/C15H22ClN3O2/c1-5-9(3)17-14(20)12-7-11(16)8-13(19-12)15(21)18-10(4)6-2/h7-10H,5-6H2,1-4H3,(H,17,20)(H,18,21). The van der Waals surface area contributed by atoms with Crippen molar-refractivity contribution in [3.63, 3.8) is 0 Å². The Balaban J connectivity index is 2.94. The highest BCUT2D eigenvalue weighted by atomic mass is 35.5. The van der Waals surface area contributed by atoms with Crippen molar-refractivity contribution in [3.8, 4) is 0 Å². The first-order valence-corrected chi connectivity index (χ1v) is 7.54. The molecule has 0 aliphatic carbocycles. The number of pyridine rings is 1. The predicted octanol–water partition coefficient (Wildman–Crippen LogP) is 2.79. The summed E-state index contributed by atoms with van der Waals surface area (Å²) in [6, 6.07) is 2.99. The lowest BCUT2D eigenvalue weighted by atomic mass is 10.2. The van der Waals surface area contributed by atoms with Crippen LogP contribution in [0, 0.1) is 0 Å². The second kappa shape index (κ2) is 7.98. The van der Waals surface area contributed by atoms with Crippen LogP contribution in [0.4, 0.5) is 0 Å². The van der Waals surface area contributed by atoms with E-state index in [1.165, 1.54) is 12.1 Å². The highest BCUT2D eigenvalue weighted by molar-refractivity contribution is 6.31. The Hall–Kier alpha value is -1.62. The van der Waals surface area contributed by atoms with Gasteiger partial charge in [-0.05, 0) is 38.8 Å². The number of hydrogen-bond acceptors (Lipinski definition) is 3. The molecule has 0 bridgehead atoms. The molecule has 2 atom stereocenters. The van der Waals surface area contributed by atoms with Crippen LogP contribution >= 0.6 is 11.6 Å². The molecule has 21 heavy (non-hydrogen) atoms. The topological polar surface area (TPSA) is 71.1 Å². The van der Waals surface area contributed by atoms with Crippen LogP contribution in [0.5, 0.6) is 0 Å². The Morgan fingerprint density at radius 3 is 1.76 bits per heavy atom. The van der Waals surface area contributed by atoms with E-state index in [1.807, 2.05) is 27.7 Å². The summed E-state index contributed by atoms with van der Waals surface area (Å²) in [5, 5.41) is 5.91. The van der Waals surface area contributed by atoms with E-state index in [9.17, 15) is 9.59 Å². The largest absolute Gasteiger partial charge is 0.348 e. The molecule has 1 aromatic rings. The first-order chi connectivity index (χ1) is 9.87. The summed E-state index contributed by atoms with van der Waals surface area (Å²) in [4.78, 5) is 28.2. The van der Waals surface area contributed by atoms with E-state index in [2.05, 4.69) is 15.6 Å². The maximum atomic E-state index is 12.1. The Morgan fingerprint density at radius 1 is 1.05 bits per heavy atom. The van der Waals surface area contributed by atoms with Gasteiger partial charge in [-0.2, -0.15) is 0 Å². The Labute approximate surface area is 130 Å². The molecule has 1 rings (SSSR count). The second-order valence-electron chi connectivity index (χ2n) is 5.12. The van der Waals surface area contributed by atoms with Crippen molar-refractivity contribution in [2.24, 2.45) is 0 Å². The van der Waals surface area contributed by atoms with Crippen molar-refractivity contribution in [1.82, 2.24) is 15.6 Å². The van der Waals surface area contributed by atoms with Crippen LogP contribution in [-0.4, -0.2) is 28.9 Å². The molecule has 0 aromatic carbocycles. The zero-order valence-corrected chi connectivity index (χ0v) is 13.6. The lowest BCUT2D eigenvalue weighted by molar-refractivity contribution is 0.0930. The molecule has 0 aliphatic heterocycles. The number of rotatable bonds is 6. The Kier molecular flexibility index (Phi) is 6.62. The third-order valence-electron chi connectivity index (χ3n) is 3.24. The summed E-state index contributed by atoms with van der Waals surface area (Å²) in [6.45, 7) is 7.75. The summed E-state index contributed by atoms with van der Waals surface area (Å²) < 4.78 is 0. The van der Waals surface area contributed by atoms with Gasteiger partial charge < -0.3 is 10.6 Å². The lowest BCUT2D eigenvalue weighted by Crippen LogP contribution is -2.34. The van der Waals surface area contributed by atoms with Gasteiger partial charge in [-0.1, -0.05) is 25.4 Å². The Morgan fingerprint density at radius 2 is 1.43 bits per heavy atom. The molecule has 0 saturated carbocycles. The molecular weight excluding hydrogens is 290 g/mol. The molecule has 2 N–H and O–H groups in total. The van der Waals surface area contributed by atoms with Gasteiger partial charge in [0.05, 0.1) is 0 Å². The van der Waals surface area contributed by atoms with Crippen LogP contribution in [0.15, 0.2) is 12.1 Å². The van der Waals surface area contributed by atoms with Gasteiger partial charge in [0.25, 0.3) is 11.8 Å². The van der Waals surface area contributed by atoms with Gasteiger partial charge in [0.2, 0.25) is 0 Å². The molecule has 0 aliphatic rings. The quantitative estimate of drug-likeness (QED) is 0.848. The van der Waals surface area contributed by atoms with Gasteiger partial charge in [0, 0.05) is 17.1 Å². The maximum Gasteiger partial charge on any atom is 0.270 e. The van der Waals surface area contributed by atoms with Gasteiger partial charge >= 0.3 is 0 Å². The van der Waals surface area contributed by atoms with E-state index in [0.717, 1.165) is 12.8 Å². The van der Waals surface area contributed by atoms with Gasteiger partial charge in [-0.25, -0.2) is 4.98 Å². The number of carbonyl (C=O) groups is 2. The van der Waals surface area contributed by atoms with Crippen molar-refractivity contribution in [1.29, 1.82) is 0 Å². The molecule has 6 heteroatoms. The van der Waals surface area contributed by atoms with E-state index in [0.29, 0.717) is 5.02 Å². The van der Waals surface area contributed by atoms with E-state index in [4.69, 9.17) is 11.6 Å².